The highest BCUT2D eigenvalue weighted by atomic mass is 35.5. The van der Waals surface area contributed by atoms with E-state index in [1.807, 2.05) is 13.0 Å². The van der Waals surface area contributed by atoms with Crippen molar-refractivity contribution in [2.75, 3.05) is 0 Å². The summed E-state index contributed by atoms with van der Waals surface area (Å²) in [5.41, 5.74) is 6.48. The third-order valence-corrected chi connectivity index (χ3v) is 5.63. The van der Waals surface area contributed by atoms with Gasteiger partial charge in [0, 0.05) is 18.2 Å². The van der Waals surface area contributed by atoms with E-state index in [2.05, 4.69) is 20.1 Å². The Morgan fingerprint density at radius 3 is 2.68 bits per heavy atom. The quantitative estimate of drug-likeness (QED) is 0.677. The summed E-state index contributed by atoms with van der Waals surface area (Å²) in [5.74, 6) is 1.03. The highest BCUT2D eigenvalue weighted by Gasteiger charge is 2.39. The van der Waals surface area contributed by atoms with Crippen molar-refractivity contribution >= 4 is 23.4 Å². The minimum Gasteiger partial charge on any atom is -0.334 e. The highest BCUT2D eigenvalue weighted by molar-refractivity contribution is 5.90. The molecule has 3 aromatic heterocycles. The van der Waals surface area contributed by atoms with Crippen LogP contribution in [0.4, 0.5) is 0 Å². The van der Waals surface area contributed by atoms with Gasteiger partial charge in [-0.25, -0.2) is 9.78 Å². The van der Waals surface area contributed by atoms with E-state index in [1.165, 1.54) is 4.57 Å². The van der Waals surface area contributed by atoms with E-state index in [4.69, 9.17) is 10.3 Å². The van der Waals surface area contributed by atoms with Crippen LogP contribution in [0.15, 0.2) is 20.2 Å². The summed E-state index contributed by atoms with van der Waals surface area (Å²) in [5, 5.41) is 4.35. The molecule has 0 saturated heterocycles. The standard InChI is InChI=1S/C18H20N6O3.ClH/c1-2-24-13-12(14(25)21-17(24)26)10(8-11(20-13)9-4-5-9)15-22-16(23-27-15)18(19)6-3-7-18;/h8-9H,2-7,19H2,1H3,(H,21,25,26);1H. The van der Waals surface area contributed by atoms with Gasteiger partial charge in [0.15, 0.2) is 11.5 Å². The number of H-pyrrole nitrogens is 1. The van der Waals surface area contributed by atoms with E-state index in [-0.39, 0.29) is 23.7 Å². The van der Waals surface area contributed by atoms with Crippen LogP contribution < -0.4 is 17.0 Å². The Morgan fingerprint density at radius 2 is 2.07 bits per heavy atom. The van der Waals surface area contributed by atoms with Crippen molar-refractivity contribution in [1.29, 1.82) is 0 Å². The normalized spacial score (nSPS) is 17.9. The Labute approximate surface area is 165 Å². The molecule has 28 heavy (non-hydrogen) atoms. The lowest BCUT2D eigenvalue weighted by molar-refractivity contribution is 0.229. The van der Waals surface area contributed by atoms with Crippen LogP contribution in [0.1, 0.15) is 56.5 Å². The molecule has 0 amide bonds. The molecule has 0 unspecified atom stereocenters. The molecule has 0 radical (unpaired) electrons. The molecule has 5 rings (SSSR count). The molecule has 148 valence electrons. The second-order valence-corrected chi connectivity index (χ2v) is 7.50. The van der Waals surface area contributed by atoms with Crippen LogP contribution in [0.5, 0.6) is 0 Å². The van der Waals surface area contributed by atoms with Gasteiger partial charge in [0.05, 0.1) is 16.5 Å². The number of aromatic nitrogens is 5. The van der Waals surface area contributed by atoms with Gasteiger partial charge in [-0.3, -0.25) is 14.3 Å². The Bertz CT molecular complexity index is 1170. The molecular formula is C18H21ClN6O3. The Kier molecular flexibility index (Phi) is 4.39. The van der Waals surface area contributed by atoms with Gasteiger partial charge in [0.2, 0.25) is 0 Å². The first-order chi connectivity index (χ1) is 13.0. The van der Waals surface area contributed by atoms with E-state index in [0.29, 0.717) is 29.5 Å². The van der Waals surface area contributed by atoms with E-state index < -0.39 is 16.8 Å². The maximum Gasteiger partial charge on any atom is 0.329 e. The first kappa shape index (κ1) is 18.8. The van der Waals surface area contributed by atoms with Crippen LogP contribution in [-0.2, 0) is 12.1 Å². The molecule has 9 nitrogen and oxygen atoms in total. The monoisotopic (exact) mass is 404 g/mol. The number of rotatable bonds is 4. The Hall–Kier alpha value is -2.52. The highest BCUT2D eigenvalue weighted by Crippen LogP contribution is 2.42. The van der Waals surface area contributed by atoms with Crippen LogP contribution in [0.2, 0.25) is 0 Å². The number of halogens is 1. The third kappa shape index (κ3) is 2.77. The van der Waals surface area contributed by atoms with Gasteiger partial charge in [-0.1, -0.05) is 5.16 Å². The molecule has 0 spiro atoms. The van der Waals surface area contributed by atoms with Gasteiger partial charge in [0.25, 0.3) is 11.4 Å². The first-order valence-corrected chi connectivity index (χ1v) is 9.31. The number of nitrogens with one attached hydrogen (secondary N) is 1. The number of fused-ring (bicyclic) bond motifs is 1. The zero-order valence-electron chi connectivity index (χ0n) is 15.4. The van der Waals surface area contributed by atoms with Gasteiger partial charge in [0.1, 0.15) is 0 Å². The second-order valence-electron chi connectivity index (χ2n) is 7.50. The zero-order chi connectivity index (χ0) is 18.8. The smallest absolute Gasteiger partial charge is 0.329 e. The molecule has 3 heterocycles. The van der Waals surface area contributed by atoms with E-state index in [9.17, 15) is 9.59 Å². The van der Waals surface area contributed by atoms with Gasteiger partial charge in [-0.15, -0.1) is 12.4 Å². The fourth-order valence-electron chi connectivity index (χ4n) is 3.66. The maximum atomic E-state index is 12.6. The fraction of sp³-hybridized carbons (Fsp3) is 0.500. The van der Waals surface area contributed by atoms with Crippen molar-refractivity contribution in [1.82, 2.24) is 24.7 Å². The molecule has 2 saturated carbocycles. The summed E-state index contributed by atoms with van der Waals surface area (Å²) in [4.78, 5) is 36.3. The van der Waals surface area contributed by atoms with Crippen LogP contribution in [-0.4, -0.2) is 24.7 Å². The number of nitrogens with zero attached hydrogens (tertiary/aromatic N) is 4. The van der Waals surface area contributed by atoms with Gasteiger partial charge in [-0.05, 0) is 45.1 Å². The summed E-state index contributed by atoms with van der Waals surface area (Å²) in [6, 6.07) is 1.83. The number of hydrogen-bond donors (Lipinski definition) is 2. The Morgan fingerprint density at radius 1 is 1.32 bits per heavy atom. The maximum absolute atomic E-state index is 12.6. The topological polar surface area (TPSA) is 133 Å². The van der Waals surface area contributed by atoms with Crippen molar-refractivity contribution in [3.8, 4) is 11.5 Å². The average Bonchev–Trinajstić information content (AvgIpc) is 3.35. The number of aromatic amines is 1. The summed E-state index contributed by atoms with van der Waals surface area (Å²) in [6.45, 7) is 2.23. The molecule has 2 fully saturated rings. The molecule has 3 N–H and O–H groups in total. The SMILES string of the molecule is CCn1c(=O)[nH]c(=O)c2c(-c3nc(C4(N)CCC4)no3)cc(C3CC3)nc21.Cl. The lowest BCUT2D eigenvalue weighted by Crippen LogP contribution is -2.44. The van der Waals surface area contributed by atoms with Crippen molar-refractivity contribution in [2.45, 2.75) is 57.0 Å². The second kappa shape index (κ2) is 6.52. The van der Waals surface area contributed by atoms with Gasteiger partial charge >= 0.3 is 5.69 Å². The molecule has 10 heteroatoms. The fourth-order valence-corrected chi connectivity index (χ4v) is 3.66. The van der Waals surface area contributed by atoms with Crippen molar-refractivity contribution in [3.63, 3.8) is 0 Å². The molecular weight excluding hydrogens is 384 g/mol. The molecule has 0 aromatic carbocycles. The number of nitrogens with two attached hydrogens (primary N) is 1. The lowest BCUT2D eigenvalue weighted by Gasteiger charge is -2.34. The average molecular weight is 405 g/mol. The molecule has 2 aliphatic carbocycles. The summed E-state index contributed by atoms with van der Waals surface area (Å²) in [6.07, 6.45) is 4.74. The van der Waals surface area contributed by atoms with Crippen LogP contribution in [0, 0.1) is 0 Å². The van der Waals surface area contributed by atoms with Gasteiger partial charge < -0.3 is 10.3 Å². The van der Waals surface area contributed by atoms with Crippen molar-refractivity contribution in [2.24, 2.45) is 5.73 Å². The van der Waals surface area contributed by atoms with Crippen LogP contribution in [0.25, 0.3) is 22.5 Å². The first-order valence-electron chi connectivity index (χ1n) is 9.31. The number of pyridine rings is 1. The molecule has 2 aliphatic rings. The van der Waals surface area contributed by atoms with E-state index >= 15 is 0 Å². The summed E-state index contributed by atoms with van der Waals surface area (Å²) < 4.78 is 6.94. The van der Waals surface area contributed by atoms with E-state index in [0.717, 1.165) is 37.8 Å². The number of hydrogen-bond acceptors (Lipinski definition) is 7. The molecule has 3 aromatic rings. The van der Waals surface area contributed by atoms with Crippen LogP contribution >= 0.6 is 12.4 Å². The van der Waals surface area contributed by atoms with Crippen LogP contribution in [0.3, 0.4) is 0 Å². The van der Waals surface area contributed by atoms with Gasteiger partial charge in [-0.2, -0.15) is 4.98 Å². The summed E-state index contributed by atoms with van der Waals surface area (Å²) >= 11 is 0. The zero-order valence-corrected chi connectivity index (χ0v) is 16.2. The summed E-state index contributed by atoms with van der Waals surface area (Å²) in [7, 11) is 0. The third-order valence-electron chi connectivity index (χ3n) is 5.63. The lowest BCUT2D eigenvalue weighted by atomic mass is 9.77. The van der Waals surface area contributed by atoms with Crippen molar-refractivity contribution < 1.29 is 4.52 Å². The minimum atomic E-state index is -0.554. The number of aryl methyl sites for hydroxylation is 1. The molecule has 0 atom stereocenters. The largest absolute Gasteiger partial charge is 0.334 e. The van der Waals surface area contributed by atoms with E-state index in [1.54, 1.807) is 0 Å². The predicted molar refractivity (Wildman–Crippen MR) is 105 cm³/mol. The predicted octanol–water partition coefficient (Wildman–Crippen LogP) is 1.79. The molecule has 0 aliphatic heterocycles. The minimum absolute atomic E-state index is 0. The Balaban J connectivity index is 0.00000192. The van der Waals surface area contributed by atoms with Crippen molar-refractivity contribution in [3.05, 3.63) is 38.4 Å². The molecule has 0 bridgehead atoms.